The van der Waals surface area contributed by atoms with Gasteiger partial charge in [0.25, 0.3) is 0 Å². The van der Waals surface area contributed by atoms with E-state index in [0.717, 1.165) is 41.7 Å². The Bertz CT molecular complexity index is 509. The zero-order valence-electron chi connectivity index (χ0n) is 12.9. The van der Waals surface area contributed by atoms with E-state index in [9.17, 15) is 4.79 Å². The Kier molecular flexibility index (Phi) is 4.48. The molecule has 0 bridgehead atoms. The number of ketones is 1. The summed E-state index contributed by atoms with van der Waals surface area (Å²) >= 11 is 0. The van der Waals surface area contributed by atoms with Crippen molar-refractivity contribution in [1.82, 2.24) is 0 Å². The van der Waals surface area contributed by atoms with Crippen LogP contribution < -0.4 is 4.74 Å². The highest BCUT2D eigenvalue weighted by atomic mass is 28.3. The molecule has 0 heterocycles. The van der Waals surface area contributed by atoms with Crippen LogP contribution in [0.4, 0.5) is 0 Å². The van der Waals surface area contributed by atoms with Gasteiger partial charge in [0.2, 0.25) is 0 Å². The molecule has 3 heteroatoms. The Hall–Kier alpha value is -1.35. The van der Waals surface area contributed by atoms with Gasteiger partial charge >= 0.3 is 0 Å². The fourth-order valence-electron chi connectivity index (χ4n) is 2.73. The van der Waals surface area contributed by atoms with E-state index in [4.69, 9.17) is 4.74 Å². The third-order valence-corrected chi connectivity index (χ3v) is 7.17. The molecule has 1 aromatic carbocycles. The number of rotatable bonds is 3. The highest BCUT2D eigenvalue weighted by molar-refractivity contribution is 6.77. The van der Waals surface area contributed by atoms with Gasteiger partial charge in [-0.1, -0.05) is 31.8 Å². The molecule has 0 aromatic heterocycles. The number of hydrogen-bond acceptors (Lipinski definition) is 2. The highest BCUT2D eigenvalue weighted by Crippen LogP contribution is 2.38. The van der Waals surface area contributed by atoms with Crippen molar-refractivity contribution in [2.24, 2.45) is 0 Å². The first-order valence-corrected chi connectivity index (χ1v) is 10.9. The second kappa shape index (κ2) is 5.96. The van der Waals surface area contributed by atoms with E-state index in [0.29, 0.717) is 5.78 Å². The molecular formula is C17H24O2Si. The fraction of sp³-hybridized carbons (Fsp3) is 0.471. The van der Waals surface area contributed by atoms with Crippen LogP contribution in [0, 0.1) is 0 Å². The number of carbonyl (C=O) groups is 1. The van der Waals surface area contributed by atoms with Gasteiger partial charge < -0.3 is 4.74 Å². The summed E-state index contributed by atoms with van der Waals surface area (Å²) in [5.74, 6) is 1.18. The van der Waals surface area contributed by atoms with Crippen LogP contribution >= 0.6 is 0 Å². The minimum atomic E-state index is -1.17. The second-order valence-electron chi connectivity index (χ2n) is 6.67. The Balaban J connectivity index is 2.19. The Morgan fingerprint density at radius 1 is 1.20 bits per heavy atom. The molecule has 0 amide bonds. The topological polar surface area (TPSA) is 26.3 Å². The lowest BCUT2D eigenvalue weighted by atomic mass is 9.91. The summed E-state index contributed by atoms with van der Waals surface area (Å²) in [5.41, 5.74) is 2.82. The zero-order chi connectivity index (χ0) is 14.8. The summed E-state index contributed by atoms with van der Waals surface area (Å²) in [6.07, 6.45) is 4.82. The van der Waals surface area contributed by atoms with E-state index in [1.54, 1.807) is 7.11 Å². The minimum absolute atomic E-state index is 0.329. The number of benzene rings is 1. The van der Waals surface area contributed by atoms with Crippen LogP contribution in [0.1, 0.15) is 24.8 Å². The number of hydrogen-bond donors (Lipinski definition) is 0. The molecule has 0 aliphatic heterocycles. The maximum Gasteiger partial charge on any atom is 0.158 e. The molecule has 2 rings (SSSR count). The smallest absolute Gasteiger partial charge is 0.158 e. The van der Waals surface area contributed by atoms with Gasteiger partial charge in [0.1, 0.15) is 5.75 Å². The predicted molar refractivity (Wildman–Crippen MR) is 86.9 cm³/mol. The molecule has 1 aliphatic rings. The van der Waals surface area contributed by atoms with Crippen molar-refractivity contribution in [1.29, 1.82) is 0 Å². The summed E-state index contributed by atoms with van der Waals surface area (Å²) in [4.78, 5) is 12.1. The molecule has 1 unspecified atom stereocenters. The maximum absolute atomic E-state index is 12.1. The number of allylic oxidation sites excluding steroid dienone is 1. The zero-order valence-corrected chi connectivity index (χ0v) is 13.9. The van der Waals surface area contributed by atoms with Crippen LogP contribution in [0.2, 0.25) is 25.2 Å². The Morgan fingerprint density at radius 2 is 1.85 bits per heavy atom. The van der Waals surface area contributed by atoms with Crippen LogP contribution in [0.25, 0.3) is 6.08 Å². The predicted octanol–water partition coefficient (Wildman–Crippen LogP) is 4.54. The van der Waals surface area contributed by atoms with Gasteiger partial charge in [0, 0.05) is 14.5 Å². The molecular weight excluding hydrogens is 264 g/mol. The summed E-state index contributed by atoms with van der Waals surface area (Å²) in [5, 5.41) is 0. The van der Waals surface area contributed by atoms with Crippen molar-refractivity contribution in [3.8, 4) is 5.75 Å². The Morgan fingerprint density at radius 3 is 2.40 bits per heavy atom. The molecule has 0 spiro atoms. The second-order valence-corrected chi connectivity index (χ2v) is 12.2. The lowest BCUT2D eigenvalue weighted by Crippen LogP contribution is -2.32. The molecule has 0 radical (unpaired) electrons. The van der Waals surface area contributed by atoms with Gasteiger partial charge in [-0.25, -0.2) is 0 Å². The monoisotopic (exact) mass is 288 g/mol. The summed E-state index contributed by atoms with van der Waals surface area (Å²) < 4.78 is 5.16. The number of ether oxygens (including phenoxy) is 1. The van der Waals surface area contributed by atoms with E-state index in [1.165, 1.54) is 0 Å². The van der Waals surface area contributed by atoms with Crippen LogP contribution in [0.5, 0.6) is 5.75 Å². The van der Waals surface area contributed by atoms with Gasteiger partial charge in [0.05, 0.1) is 7.11 Å². The number of methoxy groups -OCH3 is 1. The standard InChI is InChI=1S/C17H24O2Si/c1-19-15-7-5-13(6-8-15)11-14-12-16(20(2,3)4)9-10-17(14)18/h5-8,11,16H,9-10,12H2,1-4H3/b14-11-. The summed E-state index contributed by atoms with van der Waals surface area (Å²) in [6.45, 7) is 7.20. The summed E-state index contributed by atoms with van der Waals surface area (Å²) in [6, 6.07) is 7.90. The largest absolute Gasteiger partial charge is 0.497 e. The normalized spacial score (nSPS) is 22.1. The van der Waals surface area contributed by atoms with E-state index < -0.39 is 8.07 Å². The lowest BCUT2D eigenvalue weighted by Gasteiger charge is -2.33. The van der Waals surface area contributed by atoms with Crippen molar-refractivity contribution >= 4 is 19.9 Å². The lowest BCUT2D eigenvalue weighted by molar-refractivity contribution is -0.116. The third-order valence-electron chi connectivity index (χ3n) is 4.23. The molecule has 1 saturated carbocycles. The maximum atomic E-state index is 12.1. The van der Waals surface area contributed by atoms with Crippen LogP contribution in [0.3, 0.4) is 0 Å². The quantitative estimate of drug-likeness (QED) is 0.603. The fourth-order valence-corrected chi connectivity index (χ4v) is 4.57. The van der Waals surface area contributed by atoms with Crippen molar-refractivity contribution in [3.05, 3.63) is 35.4 Å². The number of carbonyl (C=O) groups excluding carboxylic acids is 1. The van der Waals surface area contributed by atoms with Crippen LogP contribution in [0.15, 0.2) is 29.8 Å². The van der Waals surface area contributed by atoms with Crippen LogP contribution in [-0.2, 0) is 4.79 Å². The first-order chi connectivity index (χ1) is 9.40. The average Bonchev–Trinajstić information content (AvgIpc) is 2.41. The van der Waals surface area contributed by atoms with E-state index in [2.05, 4.69) is 25.7 Å². The molecule has 1 aromatic rings. The first-order valence-electron chi connectivity index (χ1n) is 7.28. The highest BCUT2D eigenvalue weighted by Gasteiger charge is 2.32. The minimum Gasteiger partial charge on any atom is -0.497 e. The molecule has 108 valence electrons. The van der Waals surface area contributed by atoms with E-state index in [1.807, 2.05) is 24.3 Å². The van der Waals surface area contributed by atoms with Gasteiger partial charge in [0.15, 0.2) is 5.78 Å². The van der Waals surface area contributed by atoms with Crippen LogP contribution in [-0.4, -0.2) is 21.0 Å². The molecule has 0 N–H and O–H groups in total. The van der Waals surface area contributed by atoms with Crippen molar-refractivity contribution in [2.75, 3.05) is 7.11 Å². The third kappa shape index (κ3) is 3.60. The molecule has 0 saturated heterocycles. The van der Waals surface area contributed by atoms with Crippen molar-refractivity contribution in [3.63, 3.8) is 0 Å². The first kappa shape index (κ1) is 15.0. The van der Waals surface area contributed by atoms with Gasteiger partial charge in [-0.2, -0.15) is 0 Å². The molecule has 1 aliphatic carbocycles. The Labute approximate surface area is 122 Å². The van der Waals surface area contributed by atoms with E-state index in [-0.39, 0.29) is 0 Å². The van der Waals surface area contributed by atoms with Gasteiger partial charge in [-0.05, 0) is 47.7 Å². The van der Waals surface area contributed by atoms with Crippen molar-refractivity contribution in [2.45, 2.75) is 44.4 Å². The summed E-state index contributed by atoms with van der Waals surface area (Å²) in [7, 11) is 0.491. The molecule has 2 nitrogen and oxygen atoms in total. The van der Waals surface area contributed by atoms with E-state index >= 15 is 0 Å². The average molecular weight is 288 g/mol. The van der Waals surface area contributed by atoms with Crippen molar-refractivity contribution < 1.29 is 9.53 Å². The molecule has 1 fully saturated rings. The molecule has 1 atom stereocenters. The van der Waals surface area contributed by atoms with Gasteiger partial charge in [-0.3, -0.25) is 4.79 Å². The van der Waals surface area contributed by atoms with Gasteiger partial charge in [-0.15, -0.1) is 0 Å². The SMILES string of the molecule is COc1ccc(/C=C2/CC([Si](C)(C)C)CCC2=O)cc1. The number of Topliss-reactive ketones (excluding diaryl/α,β-unsaturated/α-hetero) is 1. The molecule has 20 heavy (non-hydrogen) atoms.